The van der Waals surface area contributed by atoms with Crippen molar-refractivity contribution in [2.75, 3.05) is 13.1 Å². The summed E-state index contributed by atoms with van der Waals surface area (Å²) in [6.07, 6.45) is 0.680. The van der Waals surface area contributed by atoms with Crippen LogP contribution in [0.1, 0.15) is 17.4 Å². The summed E-state index contributed by atoms with van der Waals surface area (Å²) in [5, 5.41) is 4.42. The van der Waals surface area contributed by atoms with Crippen molar-refractivity contribution in [1.29, 1.82) is 0 Å². The van der Waals surface area contributed by atoms with Crippen LogP contribution in [0.15, 0.2) is 47.8 Å². The molecule has 6 nitrogen and oxygen atoms in total. The number of carbonyl (C=O) groups is 3. The second-order valence-electron chi connectivity index (χ2n) is 5.72. The predicted octanol–water partition coefficient (Wildman–Crippen LogP) is 2.77. The quantitative estimate of drug-likeness (QED) is 0.649. The third-order valence-electron chi connectivity index (χ3n) is 3.87. The molecule has 1 aromatic carbocycles. The molecule has 3 amide bonds. The van der Waals surface area contributed by atoms with E-state index in [-0.39, 0.29) is 6.54 Å². The van der Waals surface area contributed by atoms with Crippen molar-refractivity contribution < 1.29 is 19.1 Å². The molecule has 1 unspecified atom stereocenters. The molecule has 0 bridgehead atoms. The highest BCUT2D eigenvalue weighted by molar-refractivity contribution is 7.11. The third-order valence-corrected chi connectivity index (χ3v) is 4.77. The largest absolute Gasteiger partial charge is 0.449 e. The molecule has 2 heterocycles. The van der Waals surface area contributed by atoms with E-state index >= 15 is 0 Å². The maximum atomic E-state index is 12.7. The lowest BCUT2D eigenvalue weighted by molar-refractivity contribution is -0.152. The van der Waals surface area contributed by atoms with Crippen LogP contribution in [-0.4, -0.2) is 42.0 Å². The molecule has 1 aromatic heterocycles. The number of hydrogen-bond acceptors (Lipinski definition) is 5. The first-order valence-corrected chi connectivity index (χ1v) is 9.05. The number of thiophene rings is 1. The Bertz CT molecular complexity index is 830. The minimum absolute atomic E-state index is 0.275. The monoisotopic (exact) mass is 370 g/mol. The molecule has 134 valence electrons. The van der Waals surface area contributed by atoms with Gasteiger partial charge in [-0.25, -0.2) is 9.59 Å². The lowest BCUT2D eigenvalue weighted by Gasteiger charge is -2.18. The van der Waals surface area contributed by atoms with Gasteiger partial charge in [-0.05, 0) is 30.0 Å². The summed E-state index contributed by atoms with van der Waals surface area (Å²) >= 11 is 1.41. The van der Waals surface area contributed by atoms with Crippen LogP contribution in [0.2, 0.25) is 0 Å². The second-order valence-corrected chi connectivity index (χ2v) is 6.66. The van der Waals surface area contributed by atoms with Crippen molar-refractivity contribution in [2.45, 2.75) is 13.0 Å². The molecule has 3 rings (SSSR count). The Morgan fingerprint density at radius 2 is 2.00 bits per heavy atom. The standard InChI is InChI=1S/C19H18N2O4S/c1-13(17(22)21-10-9-20-19(21)24)25-18(23)15(16-8-5-11-26-16)12-14-6-3-2-4-7-14/h2-8,11-13H,9-10H2,1H3,(H,20,24). The Balaban J connectivity index is 1.79. The van der Waals surface area contributed by atoms with E-state index < -0.39 is 24.0 Å². The Morgan fingerprint density at radius 3 is 2.62 bits per heavy atom. The minimum atomic E-state index is -1.05. The van der Waals surface area contributed by atoms with Crippen LogP contribution in [0.25, 0.3) is 11.6 Å². The number of hydrogen-bond donors (Lipinski definition) is 1. The van der Waals surface area contributed by atoms with Crippen molar-refractivity contribution in [3.05, 3.63) is 58.3 Å². The van der Waals surface area contributed by atoms with E-state index in [9.17, 15) is 14.4 Å². The molecule has 0 aliphatic carbocycles. The fourth-order valence-electron chi connectivity index (χ4n) is 2.55. The summed E-state index contributed by atoms with van der Waals surface area (Å²) in [7, 11) is 0. The van der Waals surface area contributed by atoms with Crippen LogP contribution in [0, 0.1) is 0 Å². The summed E-state index contributed by atoms with van der Waals surface area (Å²) in [4.78, 5) is 38.5. The number of rotatable bonds is 5. The molecule has 26 heavy (non-hydrogen) atoms. The summed E-state index contributed by atoms with van der Waals surface area (Å²) in [5.74, 6) is -1.13. The first-order chi connectivity index (χ1) is 12.6. The van der Waals surface area contributed by atoms with Crippen molar-refractivity contribution in [1.82, 2.24) is 10.2 Å². The highest BCUT2D eigenvalue weighted by atomic mass is 32.1. The van der Waals surface area contributed by atoms with Crippen LogP contribution in [0.5, 0.6) is 0 Å². The molecule has 2 aromatic rings. The lowest BCUT2D eigenvalue weighted by Crippen LogP contribution is -2.41. The fraction of sp³-hybridized carbons (Fsp3) is 0.211. The smallest absolute Gasteiger partial charge is 0.340 e. The first kappa shape index (κ1) is 17.9. The average molecular weight is 370 g/mol. The van der Waals surface area contributed by atoms with E-state index in [0.29, 0.717) is 12.1 Å². The van der Waals surface area contributed by atoms with Gasteiger partial charge in [0.05, 0.1) is 5.57 Å². The zero-order valence-electron chi connectivity index (χ0n) is 14.2. The summed E-state index contributed by atoms with van der Waals surface area (Å²) in [6.45, 7) is 2.15. The predicted molar refractivity (Wildman–Crippen MR) is 99.3 cm³/mol. The van der Waals surface area contributed by atoms with Gasteiger partial charge in [-0.15, -0.1) is 11.3 Å². The van der Waals surface area contributed by atoms with Crippen LogP contribution < -0.4 is 5.32 Å². The van der Waals surface area contributed by atoms with Crippen LogP contribution >= 0.6 is 11.3 Å². The number of urea groups is 1. The van der Waals surface area contributed by atoms with Gasteiger partial charge in [0.2, 0.25) is 0 Å². The molecule has 1 saturated heterocycles. The molecule has 1 aliphatic heterocycles. The molecule has 0 spiro atoms. The van der Waals surface area contributed by atoms with Gasteiger partial charge in [-0.2, -0.15) is 0 Å². The number of carbonyl (C=O) groups excluding carboxylic acids is 3. The zero-order valence-corrected chi connectivity index (χ0v) is 15.0. The van der Waals surface area contributed by atoms with E-state index in [1.807, 2.05) is 47.8 Å². The van der Waals surface area contributed by atoms with E-state index in [0.717, 1.165) is 15.3 Å². The SMILES string of the molecule is CC(OC(=O)C(=Cc1ccccc1)c1cccs1)C(=O)N1CCNC1=O. The second kappa shape index (κ2) is 7.97. The Kier molecular flexibility index (Phi) is 5.48. The Morgan fingerprint density at radius 1 is 1.23 bits per heavy atom. The average Bonchev–Trinajstić information content (AvgIpc) is 3.31. The van der Waals surface area contributed by atoms with Gasteiger partial charge in [0.1, 0.15) is 0 Å². The number of nitrogens with zero attached hydrogens (tertiary/aromatic N) is 1. The number of imide groups is 1. The number of amides is 3. The molecule has 1 aliphatic rings. The van der Waals surface area contributed by atoms with Crippen LogP contribution in [0.4, 0.5) is 4.79 Å². The normalized spacial score (nSPS) is 15.5. The topological polar surface area (TPSA) is 75.7 Å². The lowest BCUT2D eigenvalue weighted by atomic mass is 10.1. The highest BCUT2D eigenvalue weighted by Crippen LogP contribution is 2.25. The number of esters is 1. The van der Waals surface area contributed by atoms with Crippen molar-refractivity contribution >= 4 is 40.9 Å². The molecular weight excluding hydrogens is 352 g/mol. The van der Waals surface area contributed by atoms with Gasteiger partial charge in [-0.3, -0.25) is 9.69 Å². The van der Waals surface area contributed by atoms with E-state index in [4.69, 9.17) is 4.74 Å². The number of benzene rings is 1. The van der Waals surface area contributed by atoms with Gasteiger partial charge < -0.3 is 10.1 Å². The van der Waals surface area contributed by atoms with Crippen molar-refractivity contribution in [2.24, 2.45) is 0 Å². The summed E-state index contributed by atoms with van der Waals surface area (Å²) in [5.41, 5.74) is 1.22. The Labute approximate surface area is 155 Å². The minimum Gasteiger partial charge on any atom is -0.449 e. The van der Waals surface area contributed by atoms with E-state index in [1.54, 1.807) is 6.08 Å². The van der Waals surface area contributed by atoms with Gasteiger partial charge in [0.15, 0.2) is 6.10 Å². The zero-order chi connectivity index (χ0) is 18.5. The molecule has 0 saturated carbocycles. The molecule has 1 atom stereocenters. The highest BCUT2D eigenvalue weighted by Gasteiger charge is 2.32. The van der Waals surface area contributed by atoms with Gasteiger partial charge in [0, 0.05) is 18.0 Å². The number of ether oxygens (including phenoxy) is 1. The van der Waals surface area contributed by atoms with Crippen LogP contribution in [0.3, 0.4) is 0 Å². The number of nitrogens with one attached hydrogen (secondary N) is 1. The molecular formula is C19H18N2O4S. The first-order valence-electron chi connectivity index (χ1n) is 8.17. The van der Waals surface area contributed by atoms with Gasteiger partial charge in [-0.1, -0.05) is 36.4 Å². The third kappa shape index (κ3) is 4.00. The van der Waals surface area contributed by atoms with Crippen molar-refractivity contribution in [3.63, 3.8) is 0 Å². The molecule has 0 radical (unpaired) electrons. The summed E-state index contributed by atoms with van der Waals surface area (Å²) in [6, 6.07) is 12.6. The Hall–Kier alpha value is -2.93. The summed E-state index contributed by atoms with van der Waals surface area (Å²) < 4.78 is 5.36. The van der Waals surface area contributed by atoms with E-state index in [1.165, 1.54) is 18.3 Å². The molecule has 7 heteroatoms. The van der Waals surface area contributed by atoms with Crippen molar-refractivity contribution in [3.8, 4) is 0 Å². The fourth-order valence-corrected chi connectivity index (χ4v) is 3.28. The maximum absolute atomic E-state index is 12.7. The molecule has 1 fully saturated rings. The van der Waals surface area contributed by atoms with E-state index in [2.05, 4.69) is 5.32 Å². The van der Waals surface area contributed by atoms with Crippen LogP contribution in [-0.2, 0) is 14.3 Å². The molecule has 1 N–H and O–H groups in total. The van der Waals surface area contributed by atoms with Gasteiger partial charge in [0.25, 0.3) is 5.91 Å². The maximum Gasteiger partial charge on any atom is 0.340 e. The van der Waals surface area contributed by atoms with Gasteiger partial charge >= 0.3 is 12.0 Å².